The Labute approximate surface area is 189 Å². The first kappa shape index (κ1) is 21.3. The molecule has 0 radical (unpaired) electrons. The lowest BCUT2D eigenvalue weighted by molar-refractivity contribution is 0.243. The summed E-state index contributed by atoms with van der Waals surface area (Å²) < 4.78 is 39.9. The molecule has 11 heteroatoms. The van der Waals surface area contributed by atoms with E-state index < -0.39 is 10.0 Å². The monoisotopic (exact) mass is 467 g/mol. The molecular formula is C22H22FN7O2S. The van der Waals surface area contributed by atoms with Crippen LogP contribution in [0.1, 0.15) is 25.0 Å². The van der Waals surface area contributed by atoms with Crippen LogP contribution in [-0.2, 0) is 15.4 Å². The van der Waals surface area contributed by atoms with Crippen LogP contribution in [0.15, 0.2) is 48.7 Å². The number of sulfonamides is 1. The van der Waals surface area contributed by atoms with Gasteiger partial charge in [-0.3, -0.25) is 14.8 Å². The van der Waals surface area contributed by atoms with Crippen molar-refractivity contribution in [1.82, 2.24) is 25.4 Å². The van der Waals surface area contributed by atoms with Gasteiger partial charge in [-0.25, -0.2) is 12.8 Å². The maximum Gasteiger partial charge on any atom is 0.231 e. The quantitative estimate of drug-likeness (QED) is 0.380. The highest BCUT2D eigenvalue weighted by molar-refractivity contribution is 7.92. The van der Waals surface area contributed by atoms with Crippen molar-refractivity contribution >= 4 is 32.6 Å². The Bertz CT molecular complexity index is 1420. The van der Waals surface area contributed by atoms with E-state index in [9.17, 15) is 12.8 Å². The number of halogens is 1. The summed E-state index contributed by atoms with van der Waals surface area (Å²) in [5.41, 5.74) is 2.26. The summed E-state index contributed by atoms with van der Waals surface area (Å²) >= 11 is 0. The zero-order valence-electron chi connectivity index (χ0n) is 17.8. The predicted molar refractivity (Wildman–Crippen MR) is 124 cm³/mol. The third-order valence-electron chi connectivity index (χ3n) is 5.98. The number of pyridine rings is 1. The largest absolute Gasteiger partial charge is 0.368 e. The van der Waals surface area contributed by atoms with Gasteiger partial charge in [-0.1, -0.05) is 12.5 Å². The van der Waals surface area contributed by atoms with Crippen LogP contribution in [0.4, 0.5) is 16.0 Å². The number of anilines is 2. The van der Waals surface area contributed by atoms with Crippen molar-refractivity contribution < 1.29 is 12.8 Å². The predicted octanol–water partition coefficient (Wildman–Crippen LogP) is 3.46. The third-order valence-corrected chi connectivity index (χ3v) is 6.55. The van der Waals surface area contributed by atoms with Gasteiger partial charge in [0.05, 0.1) is 23.2 Å². The minimum atomic E-state index is -3.46. The number of nitrogens with one attached hydrogen (secondary N) is 3. The molecule has 1 saturated carbocycles. The second-order valence-electron chi connectivity index (χ2n) is 8.33. The van der Waals surface area contributed by atoms with Crippen LogP contribution < -0.4 is 10.0 Å². The molecule has 170 valence electrons. The lowest BCUT2D eigenvalue weighted by Crippen LogP contribution is -2.42. The van der Waals surface area contributed by atoms with Crippen LogP contribution in [0, 0.1) is 5.82 Å². The van der Waals surface area contributed by atoms with Crippen molar-refractivity contribution in [3.05, 3.63) is 60.2 Å². The number of H-pyrrole nitrogens is 1. The fourth-order valence-electron chi connectivity index (χ4n) is 4.14. The maximum atomic E-state index is 14.3. The van der Waals surface area contributed by atoms with Gasteiger partial charge >= 0.3 is 0 Å². The van der Waals surface area contributed by atoms with E-state index in [-0.39, 0.29) is 17.1 Å². The topological polar surface area (TPSA) is 126 Å². The van der Waals surface area contributed by atoms with Gasteiger partial charge in [-0.15, -0.1) is 10.2 Å². The molecule has 0 bridgehead atoms. The Balaban J connectivity index is 1.34. The minimum absolute atomic E-state index is 0.230. The molecule has 0 unspecified atom stereocenters. The van der Waals surface area contributed by atoms with Gasteiger partial charge < -0.3 is 5.32 Å². The van der Waals surface area contributed by atoms with E-state index in [0.29, 0.717) is 34.7 Å². The summed E-state index contributed by atoms with van der Waals surface area (Å²) in [6.45, 7) is 0.524. The fraction of sp³-hybridized carbons (Fsp3) is 0.273. The molecule has 0 atom stereocenters. The van der Waals surface area contributed by atoms with Crippen LogP contribution in [0.5, 0.6) is 0 Å². The van der Waals surface area contributed by atoms with Crippen molar-refractivity contribution in [3.8, 4) is 11.3 Å². The van der Waals surface area contributed by atoms with Crippen molar-refractivity contribution in [2.75, 3.05) is 22.8 Å². The zero-order valence-corrected chi connectivity index (χ0v) is 18.7. The number of aromatic amines is 1. The van der Waals surface area contributed by atoms with Gasteiger partial charge in [0.1, 0.15) is 11.6 Å². The summed E-state index contributed by atoms with van der Waals surface area (Å²) in [4.78, 5) is 4.29. The van der Waals surface area contributed by atoms with E-state index in [1.165, 1.54) is 6.07 Å². The lowest BCUT2D eigenvalue weighted by atomic mass is 9.66. The molecule has 0 spiro atoms. The molecule has 3 N–H and O–H groups in total. The average molecular weight is 468 g/mol. The SMILES string of the molecule is CS(=O)(=O)Nc1n[nH]c2ccc(-c3ccc(NCC4(c5ncccc5F)CCC4)nn3)cc12. The van der Waals surface area contributed by atoms with Crippen LogP contribution in [0.3, 0.4) is 0 Å². The smallest absolute Gasteiger partial charge is 0.231 e. The van der Waals surface area contributed by atoms with Gasteiger partial charge in [0.15, 0.2) is 5.82 Å². The Morgan fingerprint density at radius 2 is 2.00 bits per heavy atom. The Morgan fingerprint density at radius 3 is 2.67 bits per heavy atom. The van der Waals surface area contributed by atoms with E-state index in [0.717, 1.165) is 31.1 Å². The molecule has 3 aromatic heterocycles. The molecule has 9 nitrogen and oxygen atoms in total. The van der Waals surface area contributed by atoms with Crippen LogP contribution in [-0.4, -0.2) is 46.6 Å². The molecule has 1 aliphatic carbocycles. The van der Waals surface area contributed by atoms with Crippen molar-refractivity contribution in [1.29, 1.82) is 0 Å². The van der Waals surface area contributed by atoms with E-state index in [2.05, 4.69) is 35.4 Å². The molecule has 33 heavy (non-hydrogen) atoms. The summed E-state index contributed by atoms with van der Waals surface area (Å²) in [6, 6.07) is 12.2. The average Bonchev–Trinajstić information content (AvgIpc) is 3.15. The van der Waals surface area contributed by atoms with Gasteiger partial charge in [0.25, 0.3) is 0 Å². The maximum absolute atomic E-state index is 14.3. The van der Waals surface area contributed by atoms with Crippen molar-refractivity contribution in [2.45, 2.75) is 24.7 Å². The molecule has 0 aliphatic heterocycles. The molecule has 4 aromatic rings. The highest BCUT2D eigenvalue weighted by atomic mass is 32.2. The number of nitrogens with zero attached hydrogens (tertiary/aromatic N) is 4. The molecule has 1 aliphatic rings. The Kier molecular flexibility index (Phi) is 5.20. The van der Waals surface area contributed by atoms with Crippen LogP contribution >= 0.6 is 0 Å². The first-order valence-electron chi connectivity index (χ1n) is 10.5. The van der Waals surface area contributed by atoms with Gasteiger partial charge in [0.2, 0.25) is 10.0 Å². The van der Waals surface area contributed by atoms with Crippen LogP contribution in [0.2, 0.25) is 0 Å². The van der Waals surface area contributed by atoms with Crippen molar-refractivity contribution in [2.24, 2.45) is 0 Å². The summed E-state index contributed by atoms with van der Waals surface area (Å²) in [5, 5.41) is 19.3. The first-order valence-corrected chi connectivity index (χ1v) is 12.4. The number of fused-ring (bicyclic) bond motifs is 1. The molecule has 5 rings (SSSR count). The molecule has 1 aromatic carbocycles. The Morgan fingerprint density at radius 1 is 1.15 bits per heavy atom. The highest BCUT2D eigenvalue weighted by Crippen LogP contribution is 2.43. The van der Waals surface area contributed by atoms with E-state index >= 15 is 0 Å². The van der Waals surface area contributed by atoms with E-state index in [1.54, 1.807) is 24.4 Å². The first-order chi connectivity index (χ1) is 15.8. The lowest BCUT2D eigenvalue weighted by Gasteiger charge is -2.41. The Hall–Kier alpha value is -3.60. The normalized spacial score (nSPS) is 15.2. The highest BCUT2D eigenvalue weighted by Gasteiger charge is 2.41. The number of hydrogen-bond donors (Lipinski definition) is 3. The summed E-state index contributed by atoms with van der Waals surface area (Å²) in [5.74, 6) is 0.540. The van der Waals surface area contributed by atoms with Gasteiger partial charge in [-0.2, -0.15) is 5.10 Å². The van der Waals surface area contributed by atoms with E-state index in [1.807, 2.05) is 18.2 Å². The number of benzene rings is 1. The molecule has 0 amide bonds. The summed E-state index contributed by atoms with van der Waals surface area (Å²) in [7, 11) is -3.46. The second kappa shape index (κ2) is 8.07. The number of rotatable bonds is 7. The molecule has 0 saturated heterocycles. The standard InChI is InChI=1S/C22H22FN7O2S/c1-33(31,32)30-21-15-12-14(5-6-18(15)27-29-21)17-7-8-19(28-26-17)25-13-22(9-3-10-22)20-16(23)4-2-11-24-20/h2,4-8,11-12H,3,9-10,13H2,1H3,(H,25,28)(H2,27,29,30). The zero-order chi connectivity index (χ0) is 23.1. The van der Waals surface area contributed by atoms with Crippen molar-refractivity contribution in [3.63, 3.8) is 0 Å². The third kappa shape index (κ3) is 4.23. The number of aromatic nitrogens is 5. The molecular weight excluding hydrogens is 445 g/mol. The van der Waals surface area contributed by atoms with E-state index in [4.69, 9.17) is 0 Å². The molecule has 3 heterocycles. The van der Waals surface area contributed by atoms with Gasteiger partial charge in [-0.05, 0) is 49.2 Å². The second-order valence-corrected chi connectivity index (χ2v) is 10.1. The minimum Gasteiger partial charge on any atom is -0.368 e. The number of hydrogen-bond acceptors (Lipinski definition) is 7. The van der Waals surface area contributed by atoms with Crippen LogP contribution in [0.25, 0.3) is 22.2 Å². The fourth-order valence-corrected chi connectivity index (χ4v) is 4.65. The molecule has 1 fully saturated rings. The van der Waals surface area contributed by atoms with Gasteiger partial charge in [0, 0.05) is 29.1 Å². The summed E-state index contributed by atoms with van der Waals surface area (Å²) in [6.07, 6.45) is 5.47.